The van der Waals surface area contributed by atoms with Crippen LogP contribution in [0.3, 0.4) is 0 Å². The van der Waals surface area contributed by atoms with E-state index in [9.17, 15) is 14.4 Å². The highest BCUT2D eigenvalue weighted by Gasteiger charge is 2.27. The molecule has 140 valence electrons. The number of amides is 2. The van der Waals surface area contributed by atoms with Crippen molar-refractivity contribution in [2.24, 2.45) is 0 Å². The molecule has 3 N–H and O–H groups in total. The van der Waals surface area contributed by atoms with E-state index >= 15 is 0 Å². The van der Waals surface area contributed by atoms with E-state index in [1.54, 1.807) is 12.1 Å². The van der Waals surface area contributed by atoms with Gasteiger partial charge in [-0.15, -0.1) is 0 Å². The molecule has 1 heterocycles. The molecule has 0 saturated carbocycles. The summed E-state index contributed by atoms with van der Waals surface area (Å²) in [5.74, 6) is -1.30. The van der Waals surface area contributed by atoms with Gasteiger partial charge in [0, 0.05) is 16.8 Å². The second kappa shape index (κ2) is 7.90. The molecule has 0 radical (unpaired) electrons. The summed E-state index contributed by atoms with van der Waals surface area (Å²) in [6.45, 7) is 1.87. The van der Waals surface area contributed by atoms with Crippen LogP contribution in [0.2, 0.25) is 0 Å². The number of aliphatic carboxylic acids is 1. The summed E-state index contributed by atoms with van der Waals surface area (Å²) in [5.41, 5.74) is 1.74. The molecule has 1 aliphatic rings. The van der Waals surface area contributed by atoms with Gasteiger partial charge in [0.1, 0.15) is 11.8 Å². The molecule has 7 nitrogen and oxygen atoms in total. The first kappa shape index (κ1) is 18.4. The predicted molar refractivity (Wildman–Crippen MR) is 98.9 cm³/mol. The third kappa shape index (κ3) is 4.25. The van der Waals surface area contributed by atoms with Gasteiger partial charge in [0.05, 0.1) is 12.5 Å². The van der Waals surface area contributed by atoms with Crippen LogP contribution in [0.5, 0.6) is 5.75 Å². The molecule has 27 heavy (non-hydrogen) atoms. The summed E-state index contributed by atoms with van der Waals surface area (Å²) >= 11 is 0. The number of nitrogens with one attached hydrogen (secondary N) is 2. The Morgan fingerprint density at radius 3 is 2.52 bits per heavy atom. The smallest absolute Gasteiger partial charge is 0.325 e. The molecule has 7 heteroatoms. The third-order valence-corrected chi connectivity index (χ3v) is 4.41. The van der Waals surface area contributed by atoms with Crippen molar-refractivity contribution in [3.63, 3.8) is 0 Å². The van der Waals surface area contributed by atoms with Crippen LogP contribution in [0.15, 0.2) is 48.5 Å². The average molecular weight is 368 g/mol. The standard InChI is InChI=1S/C20H20N2O5/c1-12(20(25)26)21-18(23)13-6-8-14(9-7-13)22-19(24)16-10-11-27-17-5-3-2-4-15(16)17/h2-9,12,16H,10-11H2,1H3,(H,21,23)(H,22,24)(H,25,26). The Hall–Kier alpha value is -3.35. The fraction of sp³-hybridized carbons (Fsp3) is 0.250. The number of fused-ring (bicyclic) bond motifs is 1. The normalized spacial score (nSPS) is 16.4. The first-order valence-corrected chi connectivity index (χ1v) is 8.62. The fourth-order valence-electron chi connectivity index (χ4n) is 2.89. The Kier molecular flexibility index (Phi) is 5.40. The zero-order valence-electron chi connectivity index (χ0n) is 14.8. The van der Waals surface area contributed by atoms with Crippen molar-refractivity contribution in [1.29, 1.82) is 0 Å². The Morgan fingerprint density at radius 2 is 1.81 bits per heavy atom. The van der Waals surface area contributed by atoms with Gasteiger partial charge in [-0.1, -0.05) is 18.2 Å². The largest absolute Gasteiger partial charge is 0.493 e. The molecule has 1 aliphatic heterocycles. The van der Waals surface area contributed by atoms with Crippen molar-refractivity contribution in [2.75, 3.05) is 11.9 Å². The lowest BCUT2D eigenvalue weighted by molar-refractivity contribution is -0.138. The maximum atomic E-state index is 12.7. The number of benzene rings is 2. The van der Waals surface area contributed by atoms with E-state index in [1.165, 1.54) is 19.1 Å². The summed E-state index contributed by atoms with van der Waals surface area (Å²) in [7, 11) is 0. The number of carbonyl (C=O) groups is 3. The first-order valence-electron chi connectivity index (χ1n) is 8.62. The van der Waals surface area contributed by atoms with E-state index in [0.717, 1.165) is 11.3 Å². The number of ether oxygens (including phenoxy) is 1. The van der Waals surface area contributed by atoms with E-state index in [0.29, 0.717) is 24.3 Å². The maximum Gasteiger partial charge on any atom is 0.325 e. The van der Waals surface area contributed by atoms with E-state index in [-0.39, 0.29) is 11.8 Å². The average Bonchev–Trinajstić information content (AvgIpc) is 2.67. The first-order chi connectivity index (χ1) is 13.0. The van der Waals surface area contributed by atoms with Crippen LogP contribution in [0.4, 0.5) is 5.69 Å². The Morgan fingerprint density at radius 1 is 1.11 bits per heavy atom. The number of hydrogen-bond donors (Lipinski definition) is 3. The molecule has 0 aromatic heterocycles. The van der Waals surface area contributed by atoms with Gasteiger partial charge in [-0.2, -0.15) is 0 Å². The van der Waals surface area contributed by atoms with Crippen molar-refractivity contribution in [1.82, 2.24) is 5.32 Å². The Bertz CT molecular complexity index is 863. The zero-order chi connectivity index (χ0) is 19.4. The van der Waals surface area contributed by atoms with Crippen molar-refractivity contribution in [3.8, 4) is 5.75 Å². The van der Waals surface area contributed by atoms with Gasteiger partial charge >= 0.3 is 5.97 Å². The van der Waals surface area contributed by atoms with Crippen molar-refractivity contribution in [2.45, 2.75) is 25.3 Å². The number of para-hydroxylation sites is 1. The monoisotopic (exact) mass is 368 g/mol. The molecule has 2 amide bonds. The second-order valence-electron chi connectivity index (χ2n) is 6.33. The topological polar surface area (TPSA) is 105 Å². The van der Waals surface area contributed by atoms with Crippen LogP contribution in [0.25, 0.3) is 0 Å². The molecular formula is C20H20N2O5. The highest BCUT2D eigenvalue weighted by atomic mass is 16.5. The minimum absolute atomic E-state index is 0.137. The molecule has 2 atom stereocenters. The molecule has 0 aliphatic carbocycles. The Balaban J connectivity index is 1.66. The third-order valence-electron chi connectivity index (χ3n) is 4.41. The quantitative estimate of drug-likeness (QED) is 0.752. The number of carboxylic acids is 1. The summed E-state index contributed by atoms with van der Waals surface area (Å²) in [6.07, 6.45) is 0.594. The van der Waals surface area contributed by atoms with Crippen molar-refractivity contribution >= 4 is 23.5 Å². The number of carboxylic acid groups (broad SMARTS) is 1. The molecule has 0 spiro atoms. The highest BCUT2D eigenvalue weighted by molar-refractivity contribution is 5.99. The molecule has 3 rings (SSSR count). The van der Waals surface area contributed by atoms with Gasteiger partial charge in [-0.05, 0) is 43.7 Å². The lowest BCUT2D eigenvalue weighted by Crippen LogP contribution is -2.38. The minimum atomic E-state index is -1.11. The Labute approximate surface area is 156 Å². The lowest BCUT2D eigenvalue weighted by Gasteiger charge is -2.25. The SMILES string of the molecule is CC(NC(=O)c1ccc(NC(=O)C2CCOc3ccccc32)cc1)C(=O)O. The van der Waals surface area contributed by atoms with Crippen LogP contribution in [-0.4, -0.2) is 35.5 Å². The summed E-state index contributed by atoms with van der Waals surface area (Å²) in [5, 5.41) is 14.1. The van der Waals surface area contributed by atoms with Gasteiger partial charge in [0.15, 0.2) is 0 Å². The van der Waals surface area contributed by atoms with E-state index in [1.807, 2.05) is 24.3 Å². The highest BCUT2D eigenvalue weighted by Crippen LogP contribution is 2.34. The predicted octanol–water partition coefficient (Wildman–Crippen LogP) is 2.39. The molecule has 0 fully saturated rings. The molecule has 0 saturated heterocycles. The maximum absolute atomic E-state index is 12.7. The van der Waals surface area contributed by atoms with Crippen LogP contribution < -0.4 is 15.4 Å². The van der Waals surface area contributed by atoms with Crippen LogP contribution in [-0.2, 0) is 9.59 Å². The van der Waals surface area contributed by atoms with E-state index in [4.69, 9.17) is 9.84 Å². The van der Waals surface area contributed by atoms with Crippen LogP contribution in [0.1, 0.15) is 35.2 Å². The summed E-state index contributed by atoms with van der Waals surface area (Å²) in [6, 6.07) is 12.8. The summed E-state index contributed by atoms with van der Waals surface area (Å²) in [4.78, 5) is 35.5. The van der Waals surface area contributed by atoms with Crippen LogP contribution in [0, 0.1) is 0 Å². The van der Waals surface area contributed by atoms with Gasteiger partial charge in [-0.3, -0.25) is 14.4 Å². The van der Waals surface area contributed by atoms with E-state index in [2.05, 4.69) is 10.6 Å². The second-order valence-corrected chi connectivity index (χ2v) is 6.33. The van der Waals surface area contributed by atoms with E-state index < -0.39 is 17.9 Å². The number of carbonyl (C=O) groups excluding carboxylic acids is 2. The fourth-order valence-corrected chi connectivity index (χ4v) is 2.89. The lowest BCUT2D eigenvalue weighted by atomic mass is 9.92. The zero-order valence-corrected chi connectivity index (χ0v) is 14.8. The summed E-state index contributed by atoms with van der Waals surface area (Å²) < 4.78 is 5.58. The van der Waals surface area contributed by atoms with Gasteiger partial charge in [0.25, 0.3) is 5.91 Å². The molecule has 2 unspecified atom stereocenters. The molecule has 2 aromatic rings. The molecule has 0 bridgehead atoms. The van der Waals surface area contributed by atoms with Gasteiger partial charge in [-0.25, -0.2) is 0 Å². The number of hydrogen-bond acceptors (Lipinski definition) is 4. The molecular weight excluding hydrogens is 348 g/mol. The number of rotatable bonds is 5. The number of anilines is 1. The molecule has 2 aromatic carbocycles. The van der Waals surface area contributed by atoms with Crippen molar-refractivity contribution < 1.29 is 24.2 Å². The van der Waals surface area contributed by atoms with Gasteiger partial charge < -0.3 is 20.5 Å². The van der Waals surface area contributed by atoms with Gasteiger partial charge in [0.2, 0.25) is 5.91 Å². The van der Waals surface area contributed by atoms with Crippen molar-refractivity contribution in [3.05, 3.63) is 59.7 Å². The minimum Gasteiger partial charge on any atom is -0.493 e. The van der Waals surface area contributed by atoms with Crippen LogP contribution >= 0.6 is 0 Å².